The first kappa shape index (κ1) is 26.7. The van der Waals surface area contributed by atoms with E-state index in [1.54, 1.807) is 54.6 Å². The molecule has 0 aliphatic carbocycles. The molecule has 0 saturated carbocycles. The van der Waals surface area contributed by atoms with Crippen LogP contribution in [0.15, 0.2) is 83.6 Å². The third-order valence-corrected chi connectivity index (χ3v) is 5.07. The smallest absolute Gasteiger partial charge is 0.308 e. The van der Waals surface area contributed by atoms with Crippen LogP contribution in [0.4, 0.5) is 5.69 Å². The standard InChI is InChI=1S/C28H28N4O5/c1-19(33)37-25-15-12-21(17-26(25)36-4)18-29-31-28(35)24(30-27(34)22-8-6-5-7-9-22)16-20-10-13-23(14-11-20)32(2)3/h5-18H,1-4H3,(H,30,34)(H,31,35). The number of hydrazone groups is 1. The zero-order valence-electron chi connectivity index (χ0n) is 21.0. The van der Waals surface area contributed by atoms with Gasteiger partial charge >= 0.3 is 5.97 Å². The molecule has 0 heterocycles. The molecule has 0 aromatic heterocycles. The first-order valence-electron chi connectivity index (χ1n) is 11.3. The number of rotatable bonds is 9. The van der Waals surface area contributed by atoms with Gasteiger partial charge in [-0.3, -0.25) is 14.4 Å². The number of nitrogens with one attached hydrogen (secondary N) is 2. The van der Waals surface area contributed by atoms with Crippen LogP contribution in [0.2, 0.25) is 0 Å². The average Bonchev–Trinajstić information content (AvgIpc) is 2.89. The van der Waals surface area contributed by atoms with E-state index in [1.165, 1.54) is 20.2 Å². The fourth-order valence-corrected chi connectivity index (χ4v) is 3.21. The van der Waals surface area contributed by atoms with E-state index in [4.69, 9.17) is 9.47 Å². The predicted octanol–water partition coefficient (Wildman–Crippen LogP) is 3.61. The van der Waals surface area contributed by atoms with Gasteiger partial charge < -0.3 is 19.7 Å². The molecule has 0 aliphatic heterocycles. The quantitative estimate of drug-likeness (QED) is 0.153. The Balaban J connectivity index is 1.80. The first-order valence-corrected chi connectivity index (χ1v) is 11.3. The van der Waals surface area contributed by atoms with Crippen molar-refractivity contribution in [1.29, 1.82) is 0 Å². The molecule has 0 saturated heterocycles. The molecule has 190 valence electrons. The van der Waals surface area contributed by atoms with E-state index >= 15 is 0 Å². The summed E-state index contributed by atoms with van der Waals surface area (Å²) in [6, 6.07) is 20.9. The van der Waals surface area contributed by atoms with Gasteiger partial charge in [-0.1, -0.05) is 30.3 Å². The van der Waals surface area contributed by atoms with E-state index in [1.807, 2.05) is 43.3 Å². The van der Waals surface area contributed by atoms with Crippen LogP contribution in [0, 0.1) is 0 Å². The van der Waals surface area contributed by atoms with E-state index in [-0.39, 0.29) is 11.4 Å². The summed E-state index contributed by atoms with van der Waals surface area (Å²) in [4.78, 5) is 38.9. The van der Waals surface area contributed by atoms with Gasteiger partial charge in [-0.15, -0.1) is 0 Å². The summed E-state index contributed by atoms with van der Waals surface area (Å²) in [5.74, 6) is -0.907. The second-order valence-electron chi connectivity index (χ2n) is 8.07. The minimum atomic E-state index is -0.610. The zero-order valence-corrected chi connectivity index (χ0v) is 21.0. The number of methoxy groups -OCH3 is 1. The Hall–Kier alpha value is -4.92. The molecule has 2 amide bonds. The number of hydrogen-bond acceptors (Lipinski definition) is 7. The fourth-order valence-electron chi connectivity index (χ4n) is 3.21. The van der Waals surface area contributed by atoms with Gasteiger partial charge in [0.05, 0.1) is 13.3 Å². The second kappa shape index (κ2) is 12.7. The van der Waals surface area contributed by atoms with E-state index < -0.39 is 17.8 Å². The molecule has 9 nitrogen and oxygen atoms in total. The molecule has 0 atom stereocenters. The summed E-state index contributed by atoms with van der Waals surface area (Å²) in [6.07, 6.45) is 2.97. The number of nitrogens with zero attached hydrogens (tertiary/aromatic N) is 2. The summed E-state index contributed by atoms with van der Waals surface area (Å²) in [7, 11) is 5.31. The molecule has 0 aliphatic rings. The van der Waals surface area contributed by atoms with Crippen LogP contribution in [-0.4, -0.2) is 45.2 Å². The second-order valence-corrected chi connectivity index (χ2v) is 8.07. The number of carbonyl (C=O) groups is 3. The molecular formula is C28H28N4O5. The van der Waals surface area contributed by atoms with Crippen molar-refractivity contribution in [3.8, 4) is 11.5 Å². The summed E-state index contributed by atoms with van der Waals surface area (Å²) in [5, 5.41) is 6.67. The SMILES string of the molecule is COc1cc(C=NNC(=O)C(=Cc2ccc(N(C)C)cc2)NC(=O)c2ccccc2)ccc1OC(C)=O. The van der Waals surface area contributed by atoms with Crippen LogP contribution < -0.4 is 25.1 Å². The maximum absolute atomic E-state index is 13.0. The Morgan fingerprint density at radius 2 is 1.57 bits per heavy atom. The van der Waals surface area contributed by atoms with Crippen molar-refractivity contribution in [2.75, 3.05) is 26.1 Å². The summed E-state index contributed by atoms with van der Waals surface area (Å²) in [5.41, 5.74) is 5.17. The molecular weight excluding hydrogens is 472 g/mol. The minimum Gasteiger partial charge on any atom is -0.493 e. The van der Waals surface area contributed by atoms with Crippen LogP contribution in [0.3, 0.4) is 0 Å². The Labute approximate surface area is 215 Å². The number of amides is 2. The molecule has 0 fully saturated rings. The van der Waals surface area contributed by atoms with E-state index in [0.717, 1.165) is 11.3 Å². The largest absolute Gasteiger partial charge is 0.493 e. The Kier molecular flexibility index (Phi) is 9.15. The summed E-state index contributed by atoms with van der Waals surface area (Å²) < 4.78 is 10.3. The lowest BCUT2D eigenvalue weighted by molar-refractivity contribution is -0.132. The molecule has 3 aromatic carbocycles. The van der Waals surface area contributed by atoms with Gasteiger partial charge in [0, 0.05) is 32.3 Å². The monoisotopic (exact) mass is 500 g/mol. The predicted molar refractivity (Wildman–Crippen MR) is 143 cm³/mol. The molecule has 2 N–H and O–H groups in total. The highest BCUT2D eigenvalue weighted by Crippen LogP contribution is 2.27. The number of benzene rings is 3. The molecule has 0 bridgehead atoms. The van der Waals surface area contributed by atoms with E-state index in [0.29, 0.717) is 16.9 Å². The number of anilines is 1. The van der Waals surface area contributed by atoms with E-state index in [2.05, 4.69) is 15.8 Å². The third-order valence-electron chi connectivity index (χ3n) is 5.07. The van der Waals surface area contributed by atoms with Crippen LogP contribution in [0.1, 0.15) is 28.4 Å². The maximum Gasteiger partial charge on any atom is 0.308 e. The summed E-state index contributed by atoms with van der Waals surface area (Å²) in [6.45, 7) is 1.29. The van der Waals surface area contributed by atoms with Gasteiger partial charge in [0.15, 0.2) is 11.5 Å². The van der Waals surface area contributed by atoms with Crippen molar-refractivity contribution in [3.05, 3.63) is 95.2 Å². The lowest BCUT2D eigenvalue weighted by Crippen LogP contribution is -2.32. The number of ether oxygens (including phenoxy) is 2. The van der Waals surface area contributed by atoms with Crippen molar-refractivity contribution < 1.29 is 23.9 Å². The van der Waals surface area contributed by atoms with Gasteiger partial charge in [0.2, 0.25) is 0 Å². The van der Waals surface area contributed by atoms with E-state index in [9.17, 15) is 14.4 Å². The highest BCUT2D eigenvalue weighted by atomic mass is 16.6. The zero-order chi connectivity index (χ0) is 26.8. The number of hydrogen-bond donors (Lipinski definition) is 2. The third kappa shape index (κ3) is 7.79. The molecule has 0 spiro atoms. The van der Waals surface area contributed by atoms with Crippen LogP contribution >= 0.6 is 0 Å². The first-order chi connectivity index (χ1) is 17.8. The molecule has 0 radical (unpaired) electrons. The van der Waals surface area contributed by atoms with Crippen LogP contribution in [0.25, 0.3) is 6.08 Å². The Bertz CT molecular complexity index is 1320. The normalized spacial score (nSPS) is 11.1. The highest BCUT2D eigenvalue weighted by Gasteiger charge is 2.14. The van der Waals surface area contributed by atoms with Gasteiger partial charge in [-0.2, -0.15) is 5.10 Å². The summed E-state index contributed by atoms with van der Waals surface area (Å²) >= 11 is 0. The van der Waals surface area contributed by atoms with Crippen molar-refractivity contribution in [1.82, 2.24) is 10.7 Å². The van der Waals surface area contributed by atoms with Crippen molar-refractivity contribution in [2.45, 2.75) is 6.92 Å². The van der Waals surface area contributed by atoms with Crippen LogP contribution in [0.5, 0.6) is 11.5 Å². The van der Waals surface area contributed by atoms with Gasteiger partial charge in [-0.05, 0) is 59.7 Å². The number of esters is 1. The maximum atomic E-state index is 13.0. The van der Waals surface area contributed by atoms with Crippen molar-refractivity contribution in [3.63, 3.8) is 0 Å². The molecule has 3 rings (SSSR count). The van der Waals surface area contributed by atoms with Gasteiger partial charge in [-0.25, -0.2) is 5.43 Å². The topological polar surface area (TPSA) is 109 Å². The van der Waals surface area contributed by atoms with Crippen molar-refractivity contribution >= 4 is 35.8 Å². The molecule has 0 unspecified atom stereocenters. The molecule has 37 heavy (non-hydrogen) atoms. The lowest BCUT2D eigenvalue weighted by atomic mass is 10.1. The van der Waals surface area contributed by atoms with Crippen LogP contribution in [-0.2, 0) is 9.59 Å². The fraction of sp³-hybridized carbons (Fsp3) is 0.143. The minimum absolute atomic E-state index is 0.0198. The van der Waals surface area contributed by atoms with Gasteiger partial charge in [0.25, 0.3) is 11.8 Å². The Morgan fingerprint density at radius 3 is 2.19 bits per heavy atom. The molecule has 9 heteroatoms. The molecule has 3 aromatic rings. The average molecular weight is 501 g/mol. The lowest BCUT2D eigenvalue weighted by Gasteiger charge is -2.12. The van der Waals surface area contributed by atoms with Crippen molar-refractivity contribution in [2.24, 2.45) is 5.10 Å². The highest BCUT2D eigenvalue weighted by molar-refractivity contribution is 6.05. The number of carbonyl (C=O) groups excluding carboxylic acids is 3. The van der Waals surface area contributed by atoms with Gasteiger partial charge in [0.1, 0.15) is 5.70 Å². The Morgan fingerprint density at radius 1 is 0.892 bits per heavy atom.